The molecule has 0 radical (unpaired) electrons. The van der Waals surface area contributed by atoms with Gasteiger partial charge in [0.1, 0.15) is 6.61 Å². The van der Waals surface area contributed by atoms with E-state index in [-0.39, 0.29) is 12.4 Å². The number of hydrogen-bond donors (Lipinski definition) is 1. The quantitative estimate of drug-likeness (QED) is 0.535. The van der Waals surface area contributed by atoms with Gasteiger partial charge in [0.05, 0.1) is 12.1 Å². The third kappa shape index (κ3) is 6.13. The third-order valence-electron chi connectivity index (χ3n) is 4.17. The molecule has 1 N–H and O–H groups in total. The summed E-state index contributed by atoms with van der Waals surface area (Å²) in [5.41, 5.74) is 4.47. The second-order valence-corrected chi connectivity index (χ2v) is 6.76. The number of aryl methyl sites for hydroxylation is 1. The zero-order valence-electron chi connectivity index (χ0n) is 15.9. The van der Waals surface area contributed by atoms with Crippen LogP contribution in [0.15, 0.2) is 60.9 Å². The van der Waals surface area contributed by atoms with Crippen molar-refractivity contribution in [2.45, 2.75) is 26.6 Å². The largest absolute Gasteiger partial charge is 0.493 e. The average molecular weight is 419 g/mol. The number of benzene rings is 2. The van der Waals surface area contributed by atoms with Crippen LogP contribution in [0, 0.1) is 6.92 Å². The SMILES string of the molecule is COc1cc(CNCc2cccnc2)cc(Cl)c1OCc1ccc(C)cc1.Cl. The molecule has 28 heavy (non-hydrogen) atoms. The lowest BCUT2D eigenvalue weighted by Gasteiger charge is -2.15. The Balaban J connectivity index is 0.00000280. The molecule has 6 heteroatoms. The van der Waals surface area contributed by atoms with E-state index in [4.69, 9.17) is 21.1 Å². The summed E-state index contributed by atoms with van der Waals surface area (Å²) < 4.78 is 11.4. The topological polar surface area (TPSA) is 43.4 Å². The number of methoxy groups -OCH3 is 1. The molecule has 0 amide bonds. The number of rotatable bonds is 8. The normalized spacial score (nSPS) is 10.2. The van der Waals surface area contributed by atoms with Crippen molar-refractivity contribution < 1.29 is 9.47 Å². The van der Waals surface area contributed by atoms with Crippen LogP contribution in [0.25, 0.3) is 0 Å². The van der Waals surface area contributed by atoms with E-state index in [1.807, 2.05) is 42.6 Å². The van der Waals surface area contributed by atoms with Crippen LogP contribution in [-0.2, 0) is 19.7 Å². The number of halogens is 2. The van der Waals surface area contributed by atoms with Crippen LogP contribution < -0.4 is 14.8 Å². The van der Waals surface area contributed by atoms with Crippen LogP contribution >= 0.6 is 24.0 Å². The molecule has 0 aliphatic carbocycles. The molecular formula is C22H24Cl2N2O2. The minimum Gasteiger partial charge on any atom is -0.493 e. The summed E-state index contributed by atoms with van der Waals surface area (Å²) in [5.74, 6) is 1.20. The maximum atomic E-state index is 6.46. The Bertz CT molecular complexity index is 872. The van der Waals surface area contributed by atoms with Gasteiger partial charge in [0.15, 0.2) is 11.5 Å². The van der Waals surface area contributed by atoms with Crippen molar-refractivity contribution in [2.75, 3.05) is 7.11 Å². The first-order chi connectivity index (χ1) is 13.2. The van der Waals surface area contributed by atoms with Crippen LogP contribution in [0.2, 0.25) is 5.02 Å². The molecule has 4 nitrogen and oxygen atoms in total. The Morgan fingerprint density at radius 1 is 1.00 bits per heavy atom. The summed E-state index contributed by atoms with van der Waals surface area (Å²) in [7, 11) is 1.62. The Morgan fingerprint density at radius 3 is 2.43 bits per heavy atom. The molecule has 0 bridgehead atoms. The Hall–Kier alpha value is -2.27. The van der Waals surface area contributed by atoms with Crippen LogP contribution in [0.3, 0.4) is 0 Å². The van der Waals surface area contributed by atoms with Gasteiger partial charge in [-0.2, -0.15) is 0 Å². The van der Waals surface area contributed by atoms with Crippen molar-refractivity contribution in [2.24, 2.45) is 0 Å². The van der Waals surface area contributed by atoms with Gasteiger partial charge >= 0.3 is 0 Å². The highest BCUT2D eigenvalue weighted by Gasteiger charge is 2.12. The average Bonchev–Trinajstić information content (AvgIpc) is 2.69. The highest BCUT2D eigenvalue weighted by atomic mass is 35.5. The van der Waals surface area contributed by atoms with E-state index in [9.17, 15) is 0 Å². The lowest BCUT2D eigenvalue weighted by molar-refractivity contribution is 0.284. The van der Waals surface area contributed by atoms with Crippen LogP contribution in [0.4, 0.5) is 0 Å². The molecule has 0 aliphatic rings. The van der Waals surface area contributed by atoms with E-state index >= 15 is 0 Å². The van der Waals surface area contributed by atoms with Gasteiger partial charge in [0.2, 0.25) is 0 Å². The number of hydrogen-bond acceptors (Lipinski definition) is 4. The summed E-state index contributed by atoms with van der Waals surface area (Å²) in [6.07, 6.45) is 3.62. The van der Waals surface area contributed by atoms with Crippen molar-refractivity contribution in [1.82, 2.24) is 10.3 Å². The Kier molecular flexibility index (Phi) is 8.58. The molecule has 148 valence electrons. The van der Waals surface area contributed by atoms with Crippen LogP contribution in [-0.4, -0.2) is 12.1 Å². The van der Waals surface area contributed by atoms with Crippen molar-refractivity contribution >= 4 is 24.0 Å². The summed E-state index contributed by atoms with van der Waals surface area (Å²) in [5, 5.41) is 3.93. The standard InChI is InChI=1S/C22H23ClN2O2.ClH/c1-16-5-7-17(8-6-16)15-27-22-20(23)10-19(11-21(22)26-2)14-25-13-18-4-3-9-24-12-18;/h3-12,25H,13-15H2,1-2H3;1H. The van der Waals surface area contributed by atoms with Gasteiger partial charge in [-0.05, 0) is 41.8 Å². The fourth-order valence-corrected chi connectivity index (χ4v) is 3.00. The van der Waals surface area contributed by atoms with Gasteiger partial charge in [-0.1, -0.05) is 47.5 Å². The van der Waals surface area contributed by atoms with Crippen molar-refractivity contribution in [3.63, 3.8) is 0 Å². The van der Waals surface area contributed by atoms with E-state index < -0.39 is 0 Å². The molecule has 1 heterocycles. The number of nitrogens with zero attached hydrogens (tertiary/aromatic N) is 1. The lowest BCUT2D eigenvalue weighted by atomic mass is 10.1. The number of aromatic nitrogens is 1. The fourth-order valence-electron chi connectivity index (χ4n) is 2.71. The van der Waals surface area contributed by atoms with Gasteiger partial charge in [-0.3, -0.25) is 4.98 Å². The fraction of sp³-hybridized carbons (Fsp3) is 0.227. The molecule has 0 spiro atoms. The molecule has 2 aromatic carbocycles. The van der Waals surface area contributed by atoms with E-state index in [0.717, 1.165) is 23.2 Å². The summed E-state index contributed by atoms with van der Waals surface area (Å²) in [6.45, 7) is 3.91. The monoisotopic (exact) mass is 418 g/mol. The number of ether oxygens (including phenoxy) is 2. The maximum absolute atomic E-state index is 6.46. The summed E-state index contributed by atoms with van der Waals surface area (Å²) in [6, 6.07) is 16.0. The summed E-state index contributed by atoms with van der Waals surface area (Å²) in [4.78, 5) is 4.12. The smallest absolute Gasteiger partial charge is 0.180 e. The van der Waals surface area contributed by atoms with Gasteiger partial charge < -0.3 is 14.8 Å². The van der Waals surface area contributed by atoms with Gasteiger partial charge in [0, 0.05) is 25.5 Å². The molecule has 0 saturated heterocycles. The van der Waals surface area contributed by atoms with Crippen LogP contribution in [0.5, 0.6) is 11.5 Å². The Labute approximate surface area is 177 Å². The van der Waals surface area contributed by atoms with E-state index in [2.05, 4.69) is 29.4 Å². The van der Waals surface area contributed by atoms with E-state index in [1.54, 1.807) is 13.3 Å². The second-order valence-electron chi connectivity index (χ2n) is 6.35. The lowest BCUT2D eigenvalue weighted by Crippen LogP contribution is -2.13. The molecule has 0 atom stereocenters. The zero-order valence-corrected chi connectivity index (χ0v) is 17.5. The molecule has 0 fully saturated rings. The first kappa shape index (κ1) is 22.0. The molecule has 0 unspecified atom stereocenters. The van der Waals surface area contributed by atoms with Crippen molar-refractivity contribution in [3.05, 3.63) is 88.2 Å². The second kappa shape index (κ2) is 10.9. The highest BCUT2D eigenvalue weighted by molar-refractivity contribution is 6.32. The molecular weight excluding hydrogens is 395 g/mol. The van der Waals surface area contributed by atoms with Gasteiger partial charge in [-0.25, -0.2) is 0 Å². The predicted molar refractivity (Wildman–Crippen MR) is 116 cm³/mol. The first-order valence-corrected chi connectivity index (χ1v) is 9.18. The maximum Gasteiger partial charge on any atom is 0.180 e. The molecule has 3 rings (SSSR count). The molecule has 1 aromatic heterocycles. The molecule has 0 saturated carbocycles. The molecule has 3 aromatic rings. The van der Waals surface area contributed by atoms with Gasteiger partial charge in [-0.15, -0.1) is 12.4 Å². The first-order valence-electron chi connectivity index (χ1n) is 8.80. The number of pyridine rings is 1. The van der Waals surface area contributed by atoms with Crippen molar-refractivity contribution in [1.29, 1.82) is 0 Å². The third-order valence-corrected chi connectivity index (χ3v) is 4.45. The van der Waals surface area contributed by atoms with E-state index in [1.165, 1.54) is 5.56 Å². The van der Waals surface area contributed by atoms with E-state index in [0.29, 0.717) is 29.7 Å². The number of nitrogens with one attached hydrogen (secondary N) is 1. The molecule has 0 aliphatic heterocycles. The highest BCUT2D eigenvalue weighted by Crippen LogP contribution is 2.37. The van der Waals surface area contributed by atoms with Crippen LogP contribution in [0.1, 0.15) is 22.3 Å². The van der Waals surface area contributed by atoms with Gasteiger partial charge in [0.25, 0.3) is 0 Å². The Morgan fingerprint density at radius 2 is 1.75 bits per heavy atom. The minimum absolute atomic E-state index is 0. The predicted octanol–water partition coefficient (Wildman–Crippen LogP) is 5.34. The summed E-state index contributed by atoms with van der Waals surface area (Å²) >= 11 is 6.46. The zero-order chi connectivity index (χ0) is 19.1. The minimum atomic E-state index is 0. The van der Waals surface area contributed by atoms with Crippen molar-refractivity contribution in [3.8, 4) is 11.5 Å².